The van der Waals surface area contributed by atoms with E-state index < -0.39 is 0 Å². The number of tetrazole rings is 1. The lowest BCUT2D eigenvalue weighted by atomic mass is 10.2. The fourth-order valence-electron chi connectivity index (χ4n) is 2.29. The van der Waals surface area contributed by atoms with Crippen LogP contribution in [-0.2, 0) is 17.9 Å². The number of nitrogens with zero attached hydrogens (tertiary/aromatic N) is 4. The van der Waals surface area contributed by atoms with E-state index >= 15 is 0 Å². The fraction of sp³-hybridized carbons (Fsp3) is 0.176. The first-order chi connectivity index (χ1) is 12.2. The van der Waals surface area contributed by atoms with E-state index in [-0.39, 0.29) is 12.5 Å². The SMILES string of the molecule is COc1ccccc1CNC(=O)Cn1nnc(-c2ccccc2Cl)n1. The van der Waals surface area contributed by atoms with Crippen molar-refractivity contribution in [1.82, 2.24) is 25.5 Å². The van der Waals surface area contributed by atoms with Crippen molar-refractivity contribution >= 4 is 17.5 Å². The quantitative estimate of drug-likeness (QED) is 0.732. The lowest BCUT2D eigenvalue weighted by Crippen LogP contribution is -2.28. The summed E-state index contributed by atoms with van der Waals surface area (Å²) >= 11 is 6.11. The topological polar surface area (TPSA) is 81.9 Å². The van der Waals surface area contributed by atoms with Gasteiger partial charge < -0.3 is 10.1 Å². The molecule has 0 spiro atoms. The van der Waals surface area contributed by atoms with Crippen LogP contribution < -0.4 is 10.1 Å². The smallest absolute Gasteiger partial charge is 0.243 e. The molecule has 128 valence electrons. The van der Waals surface area contributed by atoms with E-state index in [4.69, 9.17) is 16.3 Å². The number of ether oxygens (including phenoxy) is 1. The number of carbonyl (C=O) groups excluding carboxylic acids is 1. The summed E-state index contributed by atoms with van der Waals surface area (Å²) in [6, 6.07) is 14.7. The van der Waals surface area contributed by atoms with Crippen molar-refractivity contribution in [3.05, 3.63) is 59.1 Å². The molecule has 0 radical (unpaired) electrons. The van der Waals surface area contributed by atoms with Crippen LogP contribution in [0.2, 0.25) is 5.02 Å². The van der Waals surface area contributed by atoms with Crippen LogP contribution in [-0.4, -0.2) is 33.2 Å². The Bertz CT molecular complexity index is 881. The van der Waals surface area contributed by atoms with Gasteiger partial charge in [0.2, 0.25) is 11.7 Å². The van der Waals surface area contributed by atoms with Crippen molar-refractivity contribution in [2.75, 3.05) is 7.11 Å². The highest BCUT2D eigenvalue weighted by molar-refractivity contribution is 6.33. The zero-order chi connectivity index (χ0) is 17.6. The molecule has 2 aromatic carbocycles. The van der Waals surface area contributed by atoms with Gasteiger partial charge in [-0.25, -0.2) is 0 Å². The van der Waals surface area contributed by atoms with E-state index in [0.29, 0.717) is 23.0 Å². The van der Waals surface area contributed by atoms with Gasteiger partial charge in [0, 0.05) is 17.7 Å². The number of nitrogens with one attached hydrogen (secondary N) is 1. The first kappa shape index (κ1) is 16.9. The van der Waals surface area contributed by atoms with Gasteiger partial charge in [0.15, 0.2) is 0 Å². The number of hydrogen-bond donors (Lipinski definition) is 1. The summed E-state index contributed by atoms with van der Waals surface area (Å²) in [5.74, 6) is 0.875. The molecule has 25 heavy (non-hydrogen) atoms. The summed E-state index contributed by atoms with van der Waals surface area (Å²) in [7, 11) is 1.59. The number of halogens is 1. The van der Waals surface area contributed by atoms with E-state index in [1.165, 1.54) is 4.80 Å². The normalized spacial score (nSPS) is 10.5. The molecular formula is C17H16ClN5O2. The first-order valence-electron chi connectivity index (χ1n) is 7.58. The number of benzene rings is 2. The van der Waals surface area contributed by atoms with Crippen molar-refractivity contribution in [3.8, 4) is 17.1 Å². The summed E-state index contributed by atoms with van der Waals surface area (Å²) in [5, 5.41) is 15.4. The minimum Gasteiger partial charge on any atom is -0.496 e. The predicted octanol–water partition coefficient (Wildman–Crippen LogP) is 2.32. The summed E-state index contributed by atoms with van der Waals surface area (Å²) < 4.78 is 5.26. The minimum absolute atomic E-state index is 0.0351. The number of methoxy groups -OCH3 is 1. The van der Waals surface area contributed by atoms with Gasteiger partial charge in [0.25, 0.3) is 0 Å². The van der Waals surface area contributed by atoms with Gasteiger partial charge in [-0.3, -0.25) is 4.79 Å². The highest BCUT2D eigenvalue weighted by Gasteiger charge is 2.12. The number of hydrogen-bond acceptors (Lipinski definition) is 5. The second-order valence-corrected chi connectivity index (χ2v) is 5.62. The van der Waals surface area contributed by atoms with Gasteiger partial charge in [0.1, 0.15) is 12.3 Å². The number of para-hydroxylation sites is 1. The Kier molecular flexibility index (Phi) is 5.25. The van der Waals surface area contributed by atoms with E-state index in [9.17, 15) is 4.79 Å². The Morgan fingerprint density at radius 1 is 1.20 bits per heavy atom. The first-order valence-corrected chi connectivity index (χ1v) is 7.96. The average molecular weight is 358 g/mol. The third-order valence-electron chi connectivity index (χ3n) is 3.52. The Morgan fingerprint density at radius 2 is 1.96 bits per heavy atom. The van der Waals surface area contributed by atoms with Crippen LogP contribution in [0.1, 0.15) is 5.56 Å². The van der Waals surface area contributed by atoms with E-state index in [1.54, 1.807) is 19.2 Å². The molecule has 0 atom stereocenters. The molecule has 1 amide bonds. The van der Waals surface area contributed by atoms with Crippen LogP contribution in [0.4, 0.5) is 0 Å². The summed E-state index contributed by atoms with van der Waals surface area (Å²) in [4.78, 5) is 13.3. The summed E-state index contributed by atoms with van der Waals surface area (Å²) in [6.07, 6.45) is 0. The molecule has 0 unspecified atom stereocenters. The van der Waals surface area contributed by atoms with Crippen LogP contribution in [0, 0.1) is 0 Å². The zero-order valence-electron chi connectivity index (χ0n) is 13.5. The maximum atomic E-state index is 12.1. The van der Waals surface area contributed by atoms with E-state index in [1.807, 2.05) is 36.4 Å². The molecule has 1 N–H and O–H groups in total. The summed E-state index contributed by atoms with van der Waals surface area (Å²) in [6.45, 7) is 0.321. The van der Waals surface area contributed by atoms with Crippen LogP contribution in [0.3, 0.4) is 0 Å². The fourth-order valence-corrected chi connectivity index (χ4v) is 2.51. The Hall–Kier alpha value is -2.93. The number of aromatic nitrogens is 4. The minimum atomic E-state index is -0.228. The lowest BCUT2D eigenvalue weighted by molar-refractivity contribution is -0.122. The van der Waals surface area contributed by atoms with Crippen molar-refractivity contribution in [3.63, 3.8) is 0 Å². The highest BCUT2D eigenvalue weighted by atomic mass is 35.5. The predicted molar refractivity (Wildman–Crippen MR) is 93.1 cm³/mol. The maximum Gasteiger partial charge on any atom is 0.243 e. The van der Waals surface area contributed by atoms with Gasteiger partial charge >= 0.3 is 0 Å². The monoisotopic (exact) mass is 357 g/mol. The van der Waals surface area contributed by atoms with Crippen LogP contribution in [0.15, 0.2) is 48.5 Å². The molecule has 3 rings (SSSR count). The zero-order valence-corrected chi connectivity index (χ0v) is 14.3. The highest BCUT2D eigenvalue weighted by Crippen LogP contribution is 2.23. The molecule has 0 aliphatic carbocycles. The van der Waals surface area contributed by atoms with E-state index in [2.05, 4.69) is 20.7 Å². The van der Waals surface area contributed by atoms with Crippen molar-refractivity contribution in [1.29, 1.82) is 0 Å². The molecule has 0 fully saturated rings. The van der Waals surface area contributed by atoms with Crippen molar-refractivity contribution < 1.29 is 9.53 Å². The summed E-state index contributed by atoms with van der Waals surface area (Å²) in [5.41, 5.74) is 1.56. The van der Waals surface area contributed by atoms with Gasteiger partial charge in [0.05, 0.1) is 12.1 Å². The molecule has 0 aliphatic rings. The Balaban J connectivity index is 1.61. The molecule has 3 aromatic rings. The third-order valence-corrected chi connectivity index (χ3v) is 3.85. The standard InChI is InChI=1S/C17H16ClN5O2/c1-25-15-9-5-2-6-12(15)10-19-16(24)11-23-21-17(20-22-23)13-7-3-4-8-14(13)18/h2-9H,10-11H2,1H3,(H,19,24). The largest absolute Gasteiger partial charge is 0.496 e. The number of amides is 1. The van der Waals surface area contributed by atoms with Crippen LogP contribution in [0.5, 0.6) is 5.75 Å². The molecule has 0 saturated heterocycles. The molecule has 0 aliphatic heterocycles. The Morgan fingerprint density at radius 3 is 2.76 bits per heavy atom. The lowest BCUT2D eigenvalue weighted by Gasteiger charge is -2.09. The second kappa shape index (κ2) is 7.76. The molecular weight excluding hydrogens is 342 g/mol. The van der Waals surface area contributed by atoms with Gasteiger partial charge in [-0.2, -0.15) is 4.80 Å². The molecule has 8 heteroatoms. The van der Waals surface area contributed by atoms with Crippen molar-refractivity contribution in [2.45, 2.75) is 13.1 Å². The number of rotatable bonds is 6. The average Bonchev–Trinajstić information content (AvgIpc) is 3.08. The molecule has 1 heterocycles. The van der Waals surface area contributed by atoms with Gasteiger partial charge in [-0.05, 0) is 23.4 Å². The van der Waals surface area contributed by atoms with Crippen molar-refractivity contribution in [2.24, 2.45) is 0 Å². The molecule has 0 saturated carbocycles. The maximum absolute atomic E-state index is 12.1. The number of carbonyl (C=O) groups is 1. The second-order valence-electron chi connectivity index (χ2n) is 5.21. The van der Waals surface area contributed by atoms with Crippen LogP contribution >= 0.6 is 11.6 Å². The van der Waals surface area contributed by atoms with Crippen LogP contribution in [0.25, 0.3) is 11.4 Å². The molecule has 7 nitrogen and oxygen atoms in total. The van der Waals surface area contributed by atoms with Gasteiger partial charge in [-0.1, -0.05) is 41.9 Å². The Labute approximate surface area is 149 Å². The van der Waals surface area contributed by atoms with Gasteiger partial charge in [-0.15, -0.1) is 10.2 Å². The molecule has 1 aromatic heterocycles. The third kappa shape index (κ3) is 4.13. The molecule has 0 bridgehead atoms. The van der Waals surface area contributed by atoms with E-state index in [0.717, 1.165) is 11.3 Å².